The van der Waals surface area contributed by atoms with Gasteiger partial charge in [0.15, 0.2) is 0 Å². The lowest BCUT2D eigenvalue weighted by Crippen LogP contribution is -2.28. The number of carboxylic acid groups (broad SMARTS) is 1. The first kappa shape index (κ1) is 20.7. The van der Waals surface area contributed by atoms with Gasteiger partial charge in [-0.05, 0) is 47.9 Å². The summed E-state index contributed by atoms with van der Waals surface area (Å²) in [5.41, 5.74) is 3.65. The van der Waals surface area contributed by atoms with Gasteiger partial charge in [-0.1, -0.05) is 6.07 Å². The number of aromatic nitrogens is 4. The van der Waals surface area contributed by atoms with Gasteiger partial charge in [0.1, 0.15) is 29.7 Å². The summed E-state index contributed by atoms with van der Waals surface area (Å²) in [5, 5.41) is 17.0. The van der Waals surface area contributed by atoms with Crippen LogP contribution < -0.4 is 14.4 Å². The molecular weight excluding hydrogens is 422 g/mol. The Morgan fingerprint density at radius 1 is 1.24 bits per heavy atom. The van der Waals surface area contributed by atoms with Gasteiger partial charge in [-0.25, -0.2) is 9.97 Å². The molecule has 0 bridgehead atoms. The molecule has 0 radical (unpaired) electrons. The van der Waals surface area contributed by atoms with Crippen LogP contribution in [0.15, 0.2) is 48.8 Å². The number of carbonyl (C=O) groups is 1. The number of H-pyrrole nitrogens is 1. The van der Waals surface area contributed by atoms with Gasteiger partial charge in [0, 0.05) is 24.2 Å². The highest BCUT2D eigenvalue weighted by Crippen LogP contribution is 2.36. The van der Waals surface area contributed by atoms with Crippen molar-refractivity contribution in [1.82, 2.24) is 20.2 Å². The zero-order chi connectivity index (χ0) is 22.9. The van der Waals surface area contributed by atoms with Crippen molar-refractivity contribution in [2.24, 2.45) is 0 Å². The average molecular weight is 445 g/mol. The predicted octanol–water partition coefficient (Wildman–Crippen LogP) is 3.27. The van der Waals surface area contributed by atoms with E-state index in [1.54, 1.807) is 25.3 Å². The summed E-state index contributed by atoms with van der Waals surface area (Å²) >= 11 is 0. The predicted molar refractivity (Wildman–Crippen MR) is 123 cm³/mol. The molecule has 4 aromatic rings. The summed E-state index contributed by atoms with van der Waals surface area (Å²) in [6.07, 6.45) is 4.25. The van der Waals surface area contributed by atoms with Crippen LogP contribution in [-0.4, -0.2) is 58.6 Å². The number of rotatable bonds is 6. The van der Waals surface area contributed by atoms with Crippen molar-refractivity contribution in [1.29, 1.82) is 0 Å². The first-order valence-corrected chi connectivity index (χ1v) is 10.6. The van der Waals surface area contributed by atoms with E-state index in [1.807, 2.05) is 42.6 Å². The molecule has 2 N–H and O–H groups in total. The molecule has 5 rings (SSSR count). The molecule has 9 heteroatoms. The second kappa shape index (κ2) is 8.42. The summed E-state index contributed by atoms with van der Waals surface area (Å²) in [4.78, 5) is 22.7. The SMILES string of the molecule is COc1ccc2c(c1)CC(c1nc(N(C)CC(=O)O)c3cc(-c4cn[nH]c4)ccc3n1)CO2. The fraction of sp³-hybridized carbons (Fsp3) is 0.250. The van der Waals surface area contributed by atoms with Crippen LogP contribution in [0, 0.1) is 0 Å². The number of aromatic amines is 1. The van der Waals surface area contributed by atoms with Gasteiger partial charge in [-0.15, -0.1) is 0 Å². The molecule has 1 atom stereocenters. The zero-order valence-electron chi connectivity index (χ0n) is 18.3. The van der Waals surface area contributed by atoms with Gasteiger partial charge in [-0.2, -0.15) is 5.10 Å². The molecule has 3 heterocycles. The standard InChI is InChI=1S/C24H23N5O4/c1-29(12-22(30)31)24-19-9-14(17-10-25-26-11-17)3-5-20(19)27-23(28-24)16-7-15-8-18(32-2)4-6-21(15)33-13-16/h3-6,8-11,16H,7,12-13H2,1-2H3,(H,25,26)(H,30,31). The first-order valence-electron chi connectivity index (χ1n) is 10.6. The van der Waals surface area contributed by atoms with Crippen molar-refractivity contribution < 1.29 is 19.4 Å². The molecule has 0 fully saturated rings. The Bertz CT molecular complexity index is 1320. The number of aliphatic carboxylic acids is 1. The van der Waals surface area contributed by atoms with Crippen molar-refractivity contribution in [2.75, 3.05) is 32.2 Å². The number of benzene rings is 2. The summed E-state index contributed by atoms with van der Waals surface area (Å²) in [7, 11) is 3.36. The topological polar surface area (TPSA) is 113 Å². The highest BCUT2D eigenvalue weighted by atomic mass is 16.5. The van der Waals surface area contributed by atoms with E-state index in [2.05, 4.69) is 10.2 Å². The monoisotopic (exact) mass is 445 g/mol. The Labute approximate surface area is 190 Å². The van der Waals surface area contributed by atoms with Gasteiger partial charge in [0.05, 0.1) is 31.3 Å². The number of likely N-dealkylation sites (N-methyl/N-ethyl adjacent to an activating group) is 1. The van der Waals surface area contributed by atoms with Gasteiger partial charge < -0.3 is 19.5 Å². The number of ether oxygens (including phenoxy) is 2. The molecule has 33 heavy (non-hydrogen) atoms. The molecule has 0 aliphatic carbocycles. The van der Waals surface area contributed by atoms with E-state index >= 15 is 0 Å². The second-order valence-electron chi connectivity index (χ2n) is 8.06. The number of nitrogens with zero attached hydrogens (tertiary/aromatic N) is 4. The van der Waals surface area contributed by atoms with Crippen LogP contribution in [0.25, 0.3) is 22.0 Å². The van der Waals surface area contributed by atoms with Crippen molar-refractivity contribution in [3.63, 3.8) is 0 Å². The highest BCUT2D eigenvalue weighted by Gasteiger charge is 2.26. The molecule has 9 nitrogen and oxygen atoms in total. The van der Waals surface area contributed by atoms with Crippen LogP contribution >= 0.6 is 0 Å². The highest BCUT2D eigenvalue weighted by molar-refractivity contribution is 5.94. The normalized spacial score (nSPS) is 15.0. The molecule has 1 aliphatic rings. The Kier molecular flexibility index (Phi) is 5.29. The van der Waals surface area contributed by atoms with Crippen molar-refractivity contribution in [2.45, 2.75) is 12.3 Å². The van der Waals surface area contributed by atoms with Crippen LogP contribution in [0.4, 0.5) is 5.82 Å². The fourth-order valence-electron chi connectivity index (χ4n) is 4.13. The van der Waals surface area contributed by atoms with Gasteiger partial charge in [0.25, 0.3) is 0 Å². The quantitative estimate of drug-likeness (QED) is 0.465. The maximum Gasteiger partial charge on any atom is 0.323 e. The molecular formula is C24H23N5O4. The first-order chi connectivity index (χ1) is 16.0. The smallest absolute Gasteiger partial charge is 0.323 e. The summed E-state index contributed by atoms with van der Waals surface area (Å²) in [5.74, 6) is 1.80. The number of anilines is 1. The molecule has 0 spiro atoms. The lowest BCUT2D eigenvalue weighted by molar-refractivity contribution is -0.135. The van der Waals surface area contributed by atoms with E-state index in [0.717, 1.165) is 39.1 Å². The summed E-state index contributed by atoms with van der Waals surface area (Å²) in [6.45, 7) is 0.267. The van der Waals surface area contributed by atoms with Crippen LogP contribution in [0.1, 0.15) is 17.3 Å². The van der Waals surface area contributed by atoms with Gasteiger partial charge >= 0.3 is 5.97 Å². The average Bonchev–Trinajstić information content (AvgIpc) is 3.37. The molecule has 0 amide bonds. The van der Waals surface area contributed by atoms with Crippen molar-refractivity contribution in [3.8, 4) is 22.6 Å². The number of methoxy groups -OCH3 is 1. The Balaban J connectivity index is 1.58. The van der Waals surface area contributed by atoms with Crippen molar-refractivity contribution >= 4 is 22.7 Å². The van der Waals surface area contributed by atoms with Crippen LogP contribution in [-0.2, 0) is 11.2 Å². The van der Waals surface area contributed by atoms with Gasteiger partial charge in [0.2, 0.25) is 0 Å². The van der Waals surface area contributed by atoms with E-state index in [4.69, 9.17) is 19.4 Å². The van der Waals surface area contributed by atoms with Crippen molar-refractivity contribution in [3.05, 3.63) is 60.2 Å². The van der Waals surface area contributed by atoms with Crippen LogP contribution in [0.3, 0.4) is 0 Å². The second-order valence-corrected chi connectivity index (χ2v) is 8.06. The molecule has 2 aromatic carbocycles. The largest absolute Gasteiger partial charge is 0.497 e. The Morgan fingerprint density at radius 3 is 2.88 bits per heavy atom. The zero-order valence-corrected chi connectivity index (χ0v) is 18.3. The number of hydrogen-bond acceptors (Lipinski definition) is 7. The minimum absolute atomic E-state index is 0.0699. The lowest BCUT2D eigenvalue weighted by atomic mass is 9.95. The van der Waals surface area contributed by atoms with E-state index in [9.17, 15) is 9.90 Å². The van der Waals surface area contributed by atoms with E-state index in [1.165, 1.54) is 0 Å². The number of hydrogen-bond donors (Lipinski definition) is 2. The molecule has 1 aliphatic heterocycles. The molecule has 1 unspecified atom stereocenters. The minimum atomic E-state index is -0.932. The molecule has 0 saturated carbocycles. The molecule has 0 saturated heterocycles. The molecule has 168 valence electrons. The maximum atomic E-state index is 11.4. The Morgan fingerprint density at radius 2 is 2.12 bits per heavy atom. The van der Waals surface area contributed by atoms with Crippen LogP contribution in [0.5, 0.6) is 11.5 Å². The number of fused-ring (bicyclic) bond motifs is 2. The minimum Gasteiger partial charge on any atom is -0.497 e. The Hall–Kier alpha value is -4.14. The lowest BCUT2D eigenvalue weighted by Gasteiger charge is -2.26. The van der Waals surface area contributed by atoms with E-state index < -0.39 is 5.97 Å². The summed E-state index contributed by atoms with van der Waals surface area (Å²) in [6, 6.07) is 11.6. The fourth-order valence-corrected chi connectivity index (χ4v) is 4.13. The van der Waals surface area contributed by atoms with Crippen LogP contribution in [0.2, 0.25) is 0 Å². The van der Waals surface area contributed by atoms with E-state index in [0.29, 0.717) is 24.7 Å². The number of nitrogens with one attached hydrogen (secondary N) is 1. The summed E-state index contributed by atoms with van der Waals surface area (Å²) < 4.78 is 11.3. The maximum absolute atomic E-state index is 11.4. The number of carboxylic acids is 1. The molecule has 2 aromatic heterocycles. The van der Waals surface area contributed by atoms with Gasteiger partial charge in [-0.3, -0.25) is 9.89 Å². The third-order valence-corrected chi connectivity index (χ3v) is 5.80. The van der Waals surface area contributed by atoms with E-state index in [-0.39, 0.29) is 12.5 Å². The third-order valence-electron chi connectivity index (χ3n) is 5.80. The third kappa shape index (κ3) is 4.05.